The van der Waals surface area contributed by atoms with Crippen molar-refractivity contribution < 1.29 is 19.7 Å². The number of carbonyl (C=O) groups is 1. The summed E-state index contributed by atoms with van der Waals surface area (Å²) in [5, 5.41) is 31.7. The van der Waals surface area contributed by atoms with Gasteiger partial charge in [-0.2, -0.15) is 0 Å². The lowest BCUT2D eigenvalue weighted by atomic mass is 10.1. The number of H-pyrrole nitrogens is 1. The van der Waals surface area contributed by atoms with Crippen LogP contribution in [0.15, 0.2) is 46.5 Å². The molecular weight excluding hydrogens is 352 g/mol. The average molecular weight is 360 g/mol. The predicted octanol–water partition coefficient (Wildman–Crippen LogP) is 3.23. The third-order valence-corrected chi connectivity index (χ3v) is 4.28. The first-order chi connectivity index (χ1) is 11.9. The number of aromatic nitrogens is 2. The van der Waals surface area contributed by atoms with Crippen molar-refractivity contribution in [2.75, 3.05) is 0 Å². The predicted molar refractivity (Wildman–Crippen MR) is 86.9 cm³/mol. The minimum absolute atomic E-state index is 0.234. The summed E-state index contributed by atoms with van der Waals surface area (Å²) in [6.45, 7) is 0. The van der Waals surface area contributed by atoms with Crippen LogP contribution < -0.4 is 0 Å². The first-order valence-corrected chi connectivity index (χ1v) is 7.51. The summed E-state index contributed by atoms with van der Waals surface area (Å²) >= 11 is 0.732. The number of para-hydroxylation sites is 2. The number of nitro benzene ring substituents is 2. The van der Waals surface area contributed by atoms with Gasteiger partial charge in [-0.15, -0.1) is 0 Å². The summed E-state index contributed by atoms with van der Waals surface area (Å²) in [5.41, 5.74) is -0.598. The molecule has 0 saturated carbocycles. The summed E-state index contributed by atoms with van der Waals surface area (Å²) in [5.74, 6) is -1.51. The van der Waals surface area contributed by atoms with Gasteiger partial charge in [-0.05, 0) is 23.9 Å². The Bertz CT molecular complexity index is 963. The van der Waals surface area contributed by atoms with Gasteiger partial charge >= 0.3 is 5.97 Å². The molecule has 0 saturated heterocycles. The first kappa shape index (κ1) is 16.4. The Hall–Kier alpha value is -3.47. The molecule has 10 nitrogen and oxygen atoms in total. The number of aromatic carboxylic acids is 1. The van der Waals surface area contributed by atoms with Gasteiger partial charge in [0, 0.05) is 6.07 Å². The molecule has 0 atom stereocenters. The van der Waals surface area contributed by atoms with Crippen molar-refractivity contribution in [3.8, 4) is 0 Å². The lowest BCUT2D eigenvalue weighted by Crippen LogP contribution is -2.04. The quantitative estimate of drug-likeness (QED) is 0.519. The van der Waals surface area contributed by atoms with Crippen LogP contribution >= 0.6 is 11.8 Å². The molecule has 0 unspecified atom stereocenters. The molecule has 0 fully saturated rings. The molecule has 0 amide bonds. The van der Waals surface area contributed by atoms with Gasteiger partial charge in [0.25, 0.3) is 11.4 Å². The Morgan fingerprint density at radius 2 is 1.88 bits per heavy atom. The lowest BCUT2D eigenvalue weighted by Gasteiger charge is -2.05. The molecule has 25 heavy (non-hydrogen) atoms. The number of non-ortho nitro benzene ring substituents is 1. The molecule has 0 radical (unpaired) electrons. The van der Waals surface area contributed by atoms with Crippen LogP contribution in [-0.2, 0) is 0 Å². The number of fused-ring (bicyclic) bond motifs is 1. The summed E-state index contributed by atoms with van der Waals surface area (Å²) in [7, 11) is 0. The van der Waals surface area contributed by atoms with E-state index in [1.807, 2.05) is 0 Å². The average Bonchev–Trinajstić information content (AvgIpc) is 2.96. The number of nitrogens with zero attached hydrogens (tertiary/aromatic N) is 3. The summed E-state index contributed by atoms with van der Waals surface area (Å²) < 4.78 is 0. The summed E-state index contributed by atoms with van der Waals surface area (Å²) in [4.78, 5) is 38.8. The van der Waals surface area contributed by atoms with Crippen molar-refractivity contribution in [2.24, 2.45) is 0 Å². The van der Waals surface area contributed by atoms with Crippen molar-refractivity contribution in [3.05, 3.63) is 62.2 Å². The normalized spacial score (nSPS) is 10.7. The van der Waals surface area contributed by atoms with Crippen LogP contribution in [0, 0.1) is 20.2 Å². The van der Waals surface area contributed by atoms with Gasteiger partial charge in [0.1, 0.15) is 4.90 Å². The highest BCUT2D eigenvalue weighted by atomic mass is 32.2. The second-order valence-electron chi connectivity index (χ2n) is 4.82. The van der Waals surface area contributed by atoms with E-state index in [0.29, 0.717) is 11.0 Å². The molecule has 0 bridgehead atoms. The molecule has 3 aromatic rings. The molecule has 1 aromatic heterocycles. The number of carboxylic acids is 1. The van der Waals surface area contributed by atoms with Crippen molar-refractivity contribution in [3.63, 3.8) is 0 Å². The van der Waals surface area contributed by atoms with Crippen molar-refractivity contribution in [1.29, 1.82) is 0 Å². The van der Waals surface area contributed by atoms with Crippen molar-refractivity contribution in [1.82, 2.24) is 9.97 Å². The van der Waals surface area contributed by atoms with Crippen LogP contribution in [0.4, 0.5) is 11.4 Å². The summed E-state index contributed by atoms with van der Waals surface area (Å²) in [6, 6.07) is 8.52. The number of nitro groups is 2. The molecule has 0 aliphatic carbocycles. The molecule has 0 spiro atoms. The van der Waals surface area contributed by atoms with E-state index in [1.165, 1.54) is 0 Å². The van der Waals surface area contributed by atoms with E-state index in [-0.39, 0.29) is 10.1 Å². The third kappa shape index (κ3) is 3.12. The molecule has 2 aromatic carbocycles. The maximum absolute atomic E-state index is 11.4. The highest BCUT2D eigenvalue weighted by Gasteiger charge is 2.28. The zero-order chi connectivity index (χ0) is 18.1. The van der Waals surface area contributed by atoms with E-state index in [2.05, 4.69) is 9.97 Å². The van der Waals surface area contributed by atoms with Gasteiger partial charge in [-0.25, -0.2) is 9.78 Å². The van der Waals surface area contributed by atoms with E-state index in [1.54, 1.807) is 24.3 Å². The molecule has 0 aliphatic heterocycles. The van der Waals surface area contributed by atoms with Gasteiger partial charge in [-0.1, -0.05) is 12.1 Å². The molecule has 11 heteroatoms. The van der Waals surface area contributed by atoms with E-state index >= 15 is 0 Å². The van der Waals surface area contributed by atoms with Crippen LogP contribution in [0.3, 0.4) is 0 Å². The molecule has 126 valence electrons. The highest BCUT2D eigenvalue weighted by Crippen LogP contribution is 2.39. The zero-order valence-electron chi connectivity index (χ0n) is 12.2. The summed E-state index contributed by atoms with van der Waals surface area (Å²) in [6.07, 6.45) is 0. The fourth-order valence-corrected chi connectivity index (χ4v) is 3.17. The number of aromatic amines is 1. The second-order valence-corrected chi connectivity index (χ2v) is 5.82. The van der Waals surface area contributed by atoms with Crippen LogP contribution in [-0.4, -0.2) is 30.9 Å². The minimum atomic E-state index is -1.51. The van der Waals surface area contributed by atoms with Gasteiger partial charge in [0.05, 0.1) is 32.5 Å². The van der Waals surface area contributed by atoms with Crippen LogP contribution in [0.1, 0.15) is 10.4 Å². The SMILES string of the molecule is O=C(O)c1cc([N+](=O)[O-])cc([N+](=O)[O-])c1Sc1nc2ccccc2[nH]1. The van der Waals surface area contributed by atoms with E-state index in [0.717, 1.165) is 23.9 Å². The largest absolute Gasteiger partial charge is 0.478 e. The molecule has 2 N–H and O–H groups in total. The van der Waals surface area contributed by atoms with Crippen LogP contribution in [0.2, 0.25) is 0 Å². The standard InChI is InChI=1S/C14H8N4O6S/c19-13(20)8-5-7(17(21)22)6-11(18(23)24)12(8)25-14-15-9-3-1-2-4-10(9)16-14/h1-6H,(H,15,16)(H,19,20). The van der Waals surface area contributed by atoms with Gasteiger partial charge < -0.3 is 10.1 Å². The zero-order valence-corrected chi connectivity index (χ0v) is 13.0. The number of hydrogen-bond acceptors (Lipinski definition) is 7. The van der Waals surface area contributed by atoms with Gasteiger partial charge in [0.15, 0.2) is 5.16 Å². The third-order valence-electron chi connectivity index (χ3n) is 3.26. The Kier molecular flexibility index (Phi) is 4.07. The first-order valence-electron chi connectivity index (χ1n) is 6.69. The Morgan fingerprint density at radius 3 is 2.48 bits per heavy atom. The van der Waals surface area contributed by atoms with Crippen LogP contribution in [0.25, 0.3) is 11.0 Å². The maximum atomic E-state index is 11.4. The Morgan fingerprint density at radius 1 is 1.16 bits per heavy atom. The van der Waals surface area contributed by atoms with E-state index < -0.39 is 32.8 Å². The van der Waals surface area contributed by atoms with E-state index in [4.69, 9.17) is 0 Å². The topological polar surface area (TPSA) is 152 Å². The minimum Gasteiger partial charge on any atom is -0.478 e. The molecule has 1 heterocycles. The molecular formula is C14H8N4O6S. The Balaban J connectivity index is 2.17. The van der Waals surface area contributed by atoms with Gasteiger partial charge in [0.2, 0.25) is 0 Å². The number of imidazole rings is 1. The van der Waals surface area contributed by atoms with E-state index in [9.17, 15) is 30.1 Å². The fourth-order valence-electron chi connectivity index (χ4n) is 2.18. The number of hydrogen-bond donors (Lipinski definition) is 2. The highest BCUT2D eigenvalue weighted by molar-refractivity contribution is 7.99. The monoisotopic (exact) mass is 360 g/mol. The smallest absolute Gasteiger partial charge is 0.337 e. The maximum Gasteiger partial charge on any atom is 0.337 e. The number of rotatable bonds is 5. The number of carboxylic acid groups (broad SMARTS) is 1. The lowest BCUT2D eigenvalue weighted by molar-refractivity contribution is -0.396. The van der Waals surface area contributed by atoms with Gasteiger partial charge in [-0.3, -0.25) is 20.2 Å². The fraction of sp³-hybridized carbons (Fsp3) is 0. The van der Waals surface area contributed by atoms with Crippen molar-refractivity contribution >= 4 is 40.1 Å². The number of nitrogens with one attached hydrogen (secondary N) is 1. The van der Waals surface area contributed by atoms with Crippen LogP contribution in [0.5, 0.6) is 0 Å². The van der Waals surface area contributed by atoms with Crippen molar-refractivity contribution in [2.45, 2.75) is 10.1 Å². The number of benzene rings is 2. The molecule has 3 rings (SSSR count). The Labute approximate surface area is 142 Å². The second kappa shape index (κ2) is 6.20. The molecule has 0 aliphatic rings.